The SMILES string of the molecule is CN(Cc1cc(N)n[nH]1)c1ccc2ncoc2c1. The molecule has 3 rings (SSSR count). The van der Waals surface area contributed by atoms with Crippen LogP contribution in [0.15, 0.2) is 35.1 Å². The lowest BCUT2D eigenvalue weighted by Crippen LogP contribution is -2.16. The van der Waals surface area contributed by atoms with E-state index in [0.717, 1.165) is 22.5 Å². The molecule has 0 fully saturated rings. The molecule has 0 aliphatic heterocycles. The third-order valence-electron chi connectivity index (χ3n) is 2.81. The smallest absolute Gasteiger partial charge is 0.181 e. The van der Waals surface area contributed by atoms with Gasteiger partial charge in [-0.15, -0.1) is 0 Å². The van der Waals surface area contributed by atoms with E-state index in [2.05, 4.69) is 20.1 Å². The lowest BCUT2D eigenvalue weighted by atomic mass is 10.2. The van der Waals surface area contributed by atoms with Crippen molar-refractivity contribution >= 4 is 22.6 Å². The van der Waals surface area contributed by atoms with Gasteiger partial charge in [0, 0.05) is 24.9 Å². The average molecular weight is 243 g/mol. The number of aromatic amines is 1. The van der Waals surface area contributed by atoms with Crippen molar-refractivity contribution in [3.05, 3.63) is 36.4 Å². The fourth-order valence-electron chi connectivity index (χ4n) is 1.89. The second-order valence-electron chi connectivity index (χ2n) is 4.18. The summed E-state index contributed by atoms with van der Waals surface area (Å²) in [4.78, 5) is 6.17. The van der Waals surface area contributed by atoms with E-state index in [1.54, 1.807) is 0 Å². The maximum absolute atomic E-state index is 5.57. The maximum atomic E-state index is 5.57. The Balaban J connectivity index is 1.84. The number of nitrogens with two attached hydrogens (primary N) is 1. The number of benzene rings is 1. The van der Waals surface area contributed by atoms with Gasteiger partial charge in [-0.25, -0.2) is 4.98 Å². The van der Waals surface area contributed by atoms with Crippen LogP contribution in [-0.2, 0) is 6.54 Å². The molecule has 6 heteroatoms. The molecule has 0 atom stereocenters. The van der Waals surface area contributed by atoms with Gasteiger partial charge < -0.3 is 15.1 Å². The van der Waals surface area contributed by atoms with Gasteiger partial charge in [-0.05, 0) is 12.1 Å². The third-order valence-corrected chi connectivity index (χ3v) is 2.81. The first-order valence-corrected chi connectivity index (χ1v) is 5.56. The summed E-state index contributed by atoms with van der Waals surface area (Å²) in [7, 11) is 1.99. The summed E-state index contributed by atoms with van der Waals surface area (Å²) < 4.78 is 5.29. The largest absolute Gasteiger partial charge is 0.443 e. The van der Waals surface area contributed by atoms with Gasteiger partial charge in [0.05, 0.1) is 12.2 Å². The lowest BCUT2D eigenvalue weighted by Gasteiger charge is -2.17. The predicted molar refractivity (Wildman–Crippen MR) is 69.1 cm³/mol. The van der Waals surface area contributed by atoms with E-state index in [9.17, 15) is 0 Å². The van der Waals surface area contributed by atoms with Crippen LogP contribution in [0, 0.1) is 0 Å². The number of nitrogens with zero attached hydrogens (tertiary/aromatic N) is 3. The molecule has 3 N–H and O–H groups in total. The first-order chi connectivity index (χ1) is 8.72. The zero-order chi connectivity index (χ0) is 12.5. The van der Waals surface area contributed by atoms with Crippen LogP contribution in [0.25, 0.3) is 11.1 Å². The van der Waals surface area contributed by atoms with Crippen molar-refractivity contribution in [2.75, 3.05) is 17.7 Å². The van der Waals surface area contributed by atoms with Crippen molar-refractivity contribution in [3.8, 4) is 0 Å². The number of hydrogen-bond donors (Lipinski definition) is 2. The summed E-state index contributed by atoms with van der Waals surface area (Å²) in [5, 5.41) is 6.79. The Morgan fingerprint density at radius 1 is 1.39 bits per heavy atom. The van der Waals surface area contributed by atoms with Crippen molar-refractivity contribution in [3.63, 3.8) is 0 Å². The second-order valence-corrected chi connectivity index (χ2v) is 4.18. The topological polar surface area (TPSA) is 84.0 Å². The summed E-state index contributed by atoms with van der Waals surface area (Å²) in [6.45, 7) is 0.698. The fraction of sp³-hybridized carbons (Fsp3) is 0.167. The molecule has 6 nitrogen and oxygen atoms in total. The Morgan fingerprint density at radius 3 is 3.06 bits per heavy atom. The Morgan fingerprint density at radius 2 is 2.28 bits per heavy atom. The number of fused-ring (bicyclic) bond motifs is 1. The van der Waals surface area contributed by atoms with E-state index in [1.165, 1.54) is 6.39 Å². The van der Waals surface area contributed by atoms with Crippen LogP contribution in [0.4, 0.5) is 11.5 Å². The molecule has 2 aromatic heterocycles. The molecule has 3 aromatic rings. The summed E-state index contributed by atoms with van der Waals surface area (Å²) in [6, 6.07) is 7.72. The summed E-state index contributed by atoms with van der Waals surface area (Å²) in [5.74, 6) is 0.504. The number of anilines is 2. The van der Waals surface area contributed by atoms with Crippen LogP contribution < -0.4 is 10.6 Å². The molecule has 0 radical (unpaired) electrons. The summed E-state index contributed by atoms with van der Waals surface area (Å²) in [5.41, 5.74) is 9.22. The molecule has 92 valence electrons. The summed E-state index contributed by atoms with van der Waals surface area (Å²) in [6.07, 6.45) is 1.45. The molecule has 18 heavy (non-hydrogen) atoms. The molecule has 0 saturated heterocycles. The zero-order valence-electron chi connectivity index (χ0n) is 9.92. The standard InChI is InChI=1S/C12H13N5O/c1-17(6-8-4-12(13)16-15-8)9-2-3-10-11(5-9)18-7-14-10/h2-5,7H,6H2,1H3,(H3,13,15,16). The first-order valence-electron chi connectivity index (χ1n) is 5.56. The quantitative estimate of drug-likeness (QED) is 0.732. The Hall–Kier alpha value is -2.50. The second kappa shape index (κ2) is 4.06. The number of rotatable bonds is 3. The molecule has 0 spiro atoms. The first kappa shape index (κ1) is 10.6. The van der Waals surface area contributed by atoms with Gasteiger partial charge in [-0.3, -0.25) is 5.10 Å². The van der Waals surface area contributed by atoms with Gasteiger partial charge in [-0.2, -0.15) is 5.10 Å². The van der Waals surface area contributed by atoms with E-state index in [0.29, 0.717) is 12.4 Å². The predicted octanol–water partition coefficient (Wildman–Crippen LogP) is 1.77. The summed E-state index contributed by atoms with van der Waals surface area (Å²) >= 11 is 0. The third kappa shape index (κ3) is 1.88. The molecule has 1 aromatic carbocycles. The van der Waals surface area contributed by atoms with Crippen LogP contribution in [-0.4, -0.2) is 22.2 Å². The van der Waals surface area contributed by atoms with Gasteiger partial charge >= 0.3 is 0 Å². The van der Waals surface area contributed by atoms with E-state index in [1.807, 2.05) is 31.3 Å². The van der Waals surface area contributed by atoms with Gasteiger partial charge in [0.25, 0.3) is 0 Å². The monoisotopic (exact) mass is 243 g/mol. The van der Waals surface area contributed by atoms with Crippen molar-refractivity contribution in [2.24, 2.45) is 0 Å². The highest BCUT2D eigenvalue weighted by atomic mass is 16.3. The number of H-pyrrole nitrogens is 1. The minimum atomic E-state index is 0.504. The van der Waals surface area contributed by atoms with E-state index in [-0.39, 0.29) is 0 Å². The van der Waals surface area contributed by atoms with Gasteiger partial charge in [0.15, 0.2) is 12.0 Å². The van der Waals surface area contributed by atoms with Gasteiger partial charge in [0.1, 0.15) is 11.3 Å². The van der Waals surface area contributed by atoms with E-state index < -0.39 is 0 Å². The molecule has 0 saturated carbocycles. The molecule has 0 unspecified atom stereocenters. The number of nitrogen functional groups attached to an aromatic ring is 1. The van der Waals surface area contributed by atoms with Crippen LogP contribution >= 0.6 is 0 Å². The fourth-order valence-corrected chi connectivity index (χ4v) is 1.89. The highest BCUT2D eigenvalue weighted by Crippen LogP contribution is 2.21. The molecular weight excluding hydrogens is 230 g/mol. The van der Waals surface area contributed by atoms with Crippen molar-refractivity contribution in [1.82, 2.24) is 15.2 Å². The molecule has 0 aliphatic carbocycles. The molecular formula is C12H13N5O. The van der Waals surface area contributed by atoms with Crippen molar-refractivity contribution < 1.29 is 4.42 Å². The highest BCUT2D eigenvalue weighted by Gasteiger charge is 2.07. The number of aromatic nitrogens is 3. The molecule has 2 heterocycles. The Bertz CT molecular complexity index is 672. The van der Waals surface area contributed by atoms with Crippen molar-refractivity contribution in [2.45, 2.75) is 6.54 Å². The number of oxazole rings is 1. The molecule has 0 aliphatic rings. The number of hydrogen-bond acceptors (Lipinski definition) is 5. The minimum absolute atomic E-state index is 0.504. The van der Waals surface area contributed by atoms with Gasteiger partial charge in [0.2, 0.25) is 0 Å². The highest BCUT2D eigenvalue weighted by molar-refractivity contribution is 5.77. The Kier molecular flexibility index (Phi) is 2.40. The van der Waals surface area contributed by atoms with E-state index >= 15 is 0 Å². The van der Waals surface area contributed by atoms with Crippen molar-refractivity contribution in [1.29, 1.82) is 0 Å². The maximum Gasteiger partial charge on any atom is 0.181 e. The van der Waals surface area contributed by atoms with Crippen LogP contribution in [0.1, 0.15) is 5.69 Å². The van der Waals surface area contributed by atoms with E-state index in [4.69, 9.17) is 10.2 Å². The minimum Gasteiger partial charge on any atom is -0.443 e. The zero-order valence-corrected chi connectivity index (χ0v) is 9.92. The van der Waals surface area contributed by atoms with Crippen LogP contribution in [0.3, 0.4) is 0 Å². The molecule has 0 bridgehead atoms. The normalized spacial score (nSPS) is 10.9. The Labute approximate surface area is 103 Å². The average Bonchev–Trinajstić information content (AvgIpc) is 2.96. The lowest BCUT2D eigenvalue weighted by molar-refractivity contribution is 0.602. The molecule has 0 amide bonds. The van der Waals surface area contributed by atoms with Crippen LogP contribution in [0.5, 0.6) is 0 Å². The van der Waals surface area contributed by atoms with Gasteiger partial charge in [-0.1, -0.05) is 0 Å². The van der Waals surface area contributed by atoms with Crippen LogP contribution in [0.2, 0.25) is 0 Å². The number of nitrogens with one attached hydrogen (secondary N) is 1.